The summed E-state index contributed by atoms with van der Waals surface area (Å²) in [7, 11) is 1.71. The molecule has 5 nitrogen and oxygen atoms in total. The minimum Gasteiger partial charge on any atom is -0.492 e. The van der Waals surface area contributed by atoms with Gasteiger partial charge in [-0.3, -0.25) is 0 Å². The number of rotatable bonds is 5. The van der Waals surface area contributed by atoms with Crippen LogP contribution in [0.15, 0.2) is 47.1 Å². The molecule has 20 heavy (non-hydrogen) atoms. The van der Waals surface area contributed by atoms with Crippen molar-refractivity contribution >= 4 is 11.7 Å². The Hall–Kier alpha value is -2.43. The van der Waals surface area contributed by atoms with Gasteiger partial charge in [-0.15, -0.1) is 0 Å². The van der Waals surface area contributed by atoms with E-state index in [1.165, 1.54) is 0 Å². The number of carbonyl (C=O) groups excluding carboxylic acids is 1. The molecule has 1 aromatic heterocycles. The van der Waals surface area contributed by atoms with E-state index in [2.05, 4.69) is 5.32 Å². The van der Waals surface area contributed by atoms with Crippen molar-refractivity contribution in [1.82, 2.24) is 4.90 Å². The number of hydrogen-bond donors (Lipinski definition) is 1. The number of hydrogen-bond acceptors (Lipinski definition) is 3. The van der Waals surface area contributed by atoms with Crippen molar-refractivity contribution in [3.8, 4) is 5.75 Å². The van der Waals surface area contributed by atoms with E-state index in [-0.39, 0.29) is 6.03 Å². The molecule has 2 amide bonds. The first-order valence-corrected chi connectivity index (χ1v) is 6.47. The zero-order valence-corrected chi connectivity index (χ0v) is 11.6. The highest BCUT2D eigenvalue weighted by Gasteiger charge is 2.12. The van der Waals surface area contributed by atoms with Gasteiger partial charge in [-0.05, 0) is 31.2 Å². The number of para-hydroxylation sites is 2. The van der Waals surface area contributed by atoms with Crippen LogP contribution in [0, 0.1) is 0 Å². The lowest BCUT2D eigenvalue weighted by atomic mass is 10.3. The van der Waals surface area contributed by atoms with Crippen molar-refractivity contribution in [2.75, 3.05) is 19.0 Å². The second kappa shape index (κ2) is 6.65. The molecule has 0 unspecified atom stereocenters. The van der Waals surface area contributed by atoms with E-state index in [4.69, 9.17) is 9.15 Å². The summed E-state index contributed by atoms with van der Waals surface area (Å²) in [6.45, 7) is 2.87. The number of ether oxygens (including phenoxy) is 1. The predicted octanol–water partition coefficient (Wildman–Crippen LogP) is 3.34. The van der Waals surface area contributed by atoms with E-state index >= 15 is 0 Å². The Morgan fingerprint density at radius 3 is 2.80 bits per heavy atom. The molecule has 2 rings (SSSR count). The van der Waals surface area contributed by atoms with E-state index in [1.807, 2.05) is 37.3 Å². The molecule has 0 aliphatic carbocycles. The van der Waals surface area contributed by atoms with Crippen LogP contribution in [0.1, 0.15) is 12.7 Å². The van der Waals surface area contributed by atoms with Crippen molar-refractivity contribution < 1.29 is 13.9 Å². The van der Waals surface area contributed by atoms with Crippen molar-refractivity contribution in [2.24, 2.45) is 0 Å². The summed E-state index contributed by atoms with van der Waals surface area (Å²) in [6, 6.07) is 10.8. The molecule has 2 aromatic rings. The lowest BCUT2D eigenvalue weighted by Gasteiger charge is -2.18. The second-order valence-corrected chi connectivity index (χ2v) is 4.29. The quantitative estimate of drug-likeness (QED) is 0.909. The zero-order valence-electron chi connectivity index (χ0n) is 11.6. The first-order chi connectivity index (χ1) is 9.70. The number of anilines is 1. The fourth-order valence-electron chi connectivity index (χ4n) is 1.77. The maximum Gasteiger partial charge on any atom is 0.322 e. The third kappa shape index (κ3) is 3.54. The number of urea groups is 1. The second-order valence-electron chi connectivity index (χ2n) is 4.29. The molecule has 0 aliphatic rings. The summed E-state index contributed by atoms with van der Waals surface area (Å²) in [4.78, 5) is 13.7. The van der Waals surface area contributed by atoms with E-state index in [1.54, 1.807) is 24.3 Å². The van der Waals surface area contributed by atoms with Gasteiger partial charge in [0.2, 0.25) is 0 Å². The molecule has 1 heterocycles. The molecule has 1 aromatic carbocycles. The van der Waals surface area contributed by atoms with Crippen LogP contribution in [0.25, 0.3) is 0 Å². The maximum atomic E-state index is 12.1. The Balaban J connectivity index is 2.00. The van der Waals surface area contributed by atoms with E-state index in [9.17, 15) is 4.79 Å². The fourth-order valence-corrected chi connectivity index (χ4v) is 1.77. The predicted molar refractivity (Wildman–Crippen MR) is 76.8 cm³/mol. The summed E-state index contributed by atoms with van der Waals surface area (Å²) >= 11 is 0. The average molecular weight is 274 g/mol. The molecule has 0 radical (unpaired) electrons. The summed E-state index contributed by atoms with van der Waals surface area (Å²) < 4.78 is 10.7. The fraction of sp³-hybridized carbons (Fsp3) is 0.267. The van der Waals surface area contributed by atoms with Gasteiger partial charge >= 0.3 is 6.03 Å². The van der Waals surface area contributed by atoms with Gasteiger partial charge in [0.05, 0.1) is 25.1 Å². The van der Waals surface area contributed by atoms with Crippen molar-refractivity contribution in [1.29, 1.82) is 0 Å². The number of carbonyl (C=O) groups is 1. The van der Waals surface area contributed by atoms with Crippen LogP contribution in [0.3, 0.4) is 0 Å². The normalized spacial score (nSPS) is 10.1. The van der Waals surface area contributed by atoms with E-state index in [0.29, 0.717) is 24.6 Å². The number of nitrogens with zero attached hydrogens (tertiary/aromatic N) is 1. The first-order valence-electron chi connectivity index (χ1n) is 6.47. The van der Waals surface area contributed by atoms with Gasteiger partial charge in [-0.1, -0.05) is 12.1 Å². The van der Waals surface area contributed by atoms with Crippen LogP contribution in [0.2, 0.25) is 0 Å². The monoisotopic (exact) mass is 274 g/mol. The maximum absolute atomic E-state index is 12.1. The smallest absolute Gasteiger partial charge is 0.322 e. The largest absolute Gasteiger partial charge is 0.492 e. The summed E-state index contributed by atoms with van der Waals surface area (Å²) in [5.74, 6) is 1.40. The number of amides is 2. The molecule has 5 heteroatoms. The molecule has 0 atom stereocenters. The van der Waals surface area contributed by atoms with Crippen LogP contribution in [-0.2, 0) is 6.54 Å². The zero-order chi connectivity index (χ0) is 14.4. The highest BCUT2D eigenvalue weighted by Crippen LogP contribution is 2.24. The van der Waals surface area contributed by atoms with Gasteiger partial charge in [-0.2, -0.15) is 0 Å². The lowest BCUT2D eigenvalue weighted by Crippen LogP contribution is -2.30. The molecule has 0 fully saturated rings. The number of furan rings is 1. The number of benzene rings is 1. The van der Waals surface area contributed by atoms with E-state index < -0.39 is 0 Å². The van der Waals surface area contributed by atoms with Gasteiger partial charge < -0.3 is 19.4 Å². The minimum absolute atomic E-state index is 0.214. The van der Waals surface area contributed by atoms with Crippen LogP contribution >= 0.6 is 0 Å². The van der Waals surface area contributed by atoms with Gasteiger partial charge in [0.15, 0.2) is 0 Å². The topological polar surface area (TPSA) is 54.7 Å². The SMILES string of the molecule is CCOc1ccccc1NC(=O)N(C)Cc1ccco1. The first kappa shape index (κ1) is 14.0. The van der Waals surface area contributed by atoms with Crippen molar-refractivity contribution in [3.05, 3.63) is 48.4 Å². The van der Waals surface area contributed by atoms with Gasteiger partial charge in [0.1, 0.15) is 11.5 Å². The molecule has 0 saturated heterocycles. The molecule has 0 bridgehead atoms. The summed E-state index contributed by atoms with van der Waals surface area (Å²) in [5.41, 5.74) is 0.658. The van der Waals surface area contributed by atoms with E-state index in [0.717, 1.165) is 5.76 Å². The highest BCUT2D eigenvalue weighted by atomic mass is 16.5. The van der Waals surface area contributed by atoms with Crippen LogP contribution in [-0.4, -0.2) is 24.6 Å². The Kier molecular flexibility index (Phi) is 4.65. The molecule has 0 aliphatic heterocycles. The standard InChI is InChI=1S/C15H18N2O3/c1-3-19-14-9-5-4-8-13(14)16-15(18)17(2)11-12-7-6-10-20-12/h4-10H,3,11H2,1-2H3,(H,16,18). The Labute approximate surface area is 118 Å². The van der Waals surface area contributed by atoms with Crippen LogP contribution < -0.4 is 10.1 Å². The molecule has 106 valence electrons. The van der Waals surface area contributed by atoms with Crippen molar-refractivity contribution in [3.63, 3.8) is 0 Å². The van der Waals surface area contributed by atoms with Crippen LogP contribution in [0.4, 0.5) is 10.5 Å². The number of nitrogens with one attached hydrogen (secondary N) is 1. The minimum atomic E-state index is -0.214. The van der Waals surface area contributed by atoms with Gasteiger partial charge in [-0.25, -0.2) is 4.79 Å². The van der Waals surface area contributed by atoms with Crippen molar-refractivity contribution in [2.45, 2.75) is 13.5 Å². The Morgan fingerprint density at radius 1 is 1.30 bits per heavy atom. The highest BCUT2D eigenvalue weighted by molar-refractivity contribution is 5.90. The Morgan fingerprint density at radius 2 is 2.10 bits per heavy atom. The Bertz CT molecular complexity index is 552. The molecule has 1 N–H and O–H groups in total. The third-order valence-corrected chi connectivity index (χ3v) is 2.75. The summed E-state index contributed by atoms with van der Waals surface area (Å²) in [5, 5.41) is 2.83. The molecule has 0 saturated carbocycles. The van der Waals surface area contributed by atoms with Crippen LogP contribution in [0.5, 0.6) is 5.75 Å². The van der Waals surface area contributed by atoms with Gasteiger partial charge in [0.25, 0.3) is 0 Å². The molecule has 0 spiro atoms. The third-order valence-electron chi connectivity index (χ3n) is 2.75. The van der Waals surface area contributed by atoms with Gasteiger partial charge in [0, 0.05) is 7.05 Å². The molecular formula is C15H18N2O3. The average Bonchev–Trinajstić information content (AvgIpc) is 2.94. The lowest BCUT2D eigenvalue weighted by molar-refractivity contribution is 0.216. The molecular weight excluding hydrogens is 256 g/mol. The summed E-state index contributed by atoms with van der Waals surface area (Å²) in [6.07, 6.45) is 1.59.